The molecule has 0 radical (unpaired) electrons. The van der Waals surface area contributed by atoms with Crippen LogP contribution in [-0.4, -0.2) is 12.2 Å². The highest BCUT2D eigenvalue weighted by molar-refractivity contribution is 7.17. The molecule has 2 atom stereocenters. The van der Waals surface area contributed by atoms with Gasteiger partial charge >= 0.3 is 0 Å². The van der Waals surface area contributed by atoms with Crippen LogP contribution in [0.5, 0.6) is 0 Å². The summed E-state index contributed by atoms with van der Waals surface area (Å²) in [6.07, 6.45) is 2.17. The molecule has 3 rings (SSSR count). The van der Waals surface area contributed by atoms with Crippen molar-refractivity contribution >= 4 is 21.4 Å². The van der Waals surface area contributed by atoms with Gasteiger partial charge in [0.05, 0.1) is 11.6 Å². The zero-order valence-corrected chi connectivity index (χ0v) is 10.8. The Morgan fingerprint density at radius 1 is 1.41 bits per heavy atom. The van der Waals surface area contributed by atoms with Gasteiger partial charge in [-0.25, -0.2) is 0 Å². The lowest BCUT2D eigenvalue weighted by Crippen LogP contribution is -2.37. The van der Waals surface area contributed by atoms with Gasteiger partial charge in [0.2, 0.25) is 0 Å². The highest BCUT2D eigenvalue weighted by Crippen LogP contribution is 2.40. The summed E-state index contributed by atoms with van der Waals surface area (Å²) in [5.74, 6) is 0. The number of nitrogens with two attached hydrogens (primary N) is 1. The fourth-order valence-corrected chi connectivity index (χ4v) is 3.61. The lowest BCUT2D eigenvalue weighted by molar-refractivity contribution is -0.00130. The summed E-state index contributed by atoms with van der Waals surface area (Å²) in [6, 6.07) is 8.42. The van der Waals surface area contributed by atoms with E-state index in [4.69, 9.17) is 10.5 Å². The quantitative estimate of drug-likeness (QED) is 0.882. The average molecular weight is 247 g/mol. The SMILES string of the molecule is CC1(C(N)c2csc3ccccc23)CCCO1. The molecule has 1 saturated heterocycles. The summed E-state index contributed by atoms with van der Waals surface area (Å²) in [7, 11) is 0. The molecule has 0 spiro atoms. The fraction of sp³-hybridized carbons (Fsp3) is 0.429. The molecule has 2 unspecified atom stereocenters. The van der Waals surface area contributed by atoms with Crippen molar-refractivity contribution in [3.8, 4) is 0 Å². The Morgan fingerprint density at radius 2 is 2.24 bits per heavy atom. The van der Waals surface area contributed by atoms with Crippen LogP contribution < -0.4 is 5.73 Å². The van der Waals surface area contributed by atoms with E-state index in [2.05, 4.69) is 36.6 Å². The summed E-state index contributed by atoms with van der Waals surface area (Å²) >= 11 is 1.76. The topological polar surface area (TPSA) is 35.2 Å². The van der Waals surface area contributed by atoms with Crippen LogP contribution >= 0.6 is 11.3 Å². The number of ether oxygens (including phenoxy) is 1. The van der Waals surface area contributed by atoms with Crippen LogP contribution in [0.3, 0.4) is 0 Å². The molecule has 2 N–H and O–H groups in total. The molecule has 1 aromatic heterocycles. The Kier molecular flexibility index (Phi) is 2.69. The maximum absolute atomic E-state index is 6.43. The van der Waals surface area contributed by atoms with Crippen molar-refractivity contribution in [3.63, 3.8) is 0 Å². The van der Waals surface area contributed by atoms with Gasteiger partial charge in [-0.15, -0.1) is 11.3 Å². The lowest BCUT2D eigenvalue weighted by Gasteiger charge is -2.30. The highest BCUT2D eigenvalue weighted by Gasteiger charge is 2.37. The number of benzene rings is 1. The van der Waals surface area contributed by atoms with Crippen molar-refractivity contribution < 1.29 is 4.74 Å². The Morgan fingerprint density at radius 3 is 3.00 bits per heavy atom. The predicted octanol–water partition coefficient (Wildman–Crippen LogP) is 3.47. The van der Waals surface area contributed by atoms with E-state index in [-0.39, 0.29) is 11.6 Å². The first-order valence-corrected chi connectivity index (χ1v) is 6.94. The third-order valence-electron chi connectivity index (χ3n) is 3.75. The van der Waals surface area contributed by atoms with E-state index in [0.717, 1.165) is 19.4 Å². The van der Waals surface area contributed by atoms with Gasteiger partial charge in [-0.05, 0) is 42.2 Å². The molecule has 0 amide bonds. The molecular weight excluding hydrogens is 230 g/mol. The van der Waals surface area contributed by atoms with Crippen LogP contribution in [0.4, 0.5) is 0 Å². The third kappa shape index (κ3) is 1.79. The van der Waals surface area contributed by atoms with E-state index in [1.54, 1.807) is 11.3 Å². The fourth-order valence-electron chi connectivity index (χ4n) is 2.61. The smallest absolute Gasteiger partial charge is 0.0847 e. The van der Waals surface area contributed by atoms with E-state index >= 15 is 0 Å². The van der Waals surface area contributed by atoms with Crippen molar-refractivity contribution in [1.82, 2.24) is 0 Å². The Balaban J connectivity index is 2.03. The average Bonchev–Trinajstić information content (AvgIpc) is 2.95. The predicted molar refractivity (Wildman–Crippen MR) is 72.3 cm³/mol. The van der Waals surface area contributed by atoms with E-state index in [9.17, 15) is 0 Å². The van der Waals surface area contributed by atoms with Crippen LogP contribution in [-0.2, 0) is 4.74 Å². The van der Waals surface area contributed by atoms with Crippen LogP contribution in [0.15, 0.2) is 29.6 Å². The minimum atomic E-state index is -0.191. The third-order valence-corrected chi connectivity index (χ3v) is 4.73. The standard InChI is InChI=1S/C14H17NOS/c1-14(7-4-8-16-14)13(15)11-9-17-12-6-3-2-5-10(11)12/h2-3,5-6,9,13H,4,7-8,15H2,1H3. The van der Waals surface area contributed by atoms with Gasteiger partial charge in [0.15, 0.2) is 0 Å². The van der Waals surface area contributed by atoms with Crippen LogP contribution in [0.2, 0.25) is 0 Å². The molecule has 1 aromatic carbocycles. The largest absolute Gasteiger partial charge is 0.373 e. The van der Waals surface area contributed by atoms with Gasteiger partial charge in [0.1, 0.15) is 0 Å². The number of rotatable bonds is 2. The zero-order valence-electron chi connectivity index (χ0n) is 9.98. The molecule has 1 fully saturated rings. The second kappa shape index (κ2) is 4.09. The molecule has 1 aliphatic rings. The molecule has 0 bridgehead atoms. The van der Waals surface area contributed by atoms with Gasteiger partial charge in [0, 0.05) is 11.3 Å². The molecule has 2 aromatic rings. The second-order valence-electron chi connectivity index (χ2n) is 4.93. The molecule has 3 heteroatoms. The van der Waals surface area contributed by atoms with Gasteiger partial charge in [-0.3, -0.25) is 0 Å². The van der Waals surface area contributed by atoms with Gasteiger partial charge in [-0.1, -0.05) is 18.2 Å². The number of hydrogen-bond donors (Lipinski definition) is 1. The number of fused-ring (bicyclic) bond motifs is 1. The van der Waals surface area contributed by atoms with Crippen molar-refractivity contribution in [1.29, 1.82) is 0 Å². The summed E-state index contributed by atoms with van der Waals surface area (Å²) in [4.78, 5) is 0. The lowest BCUT2D eigenvalue weighted by atomic mass is 9.88. The Hall–Kier alpha value is -0.900. The van der Waals surface area contributed by atoms with Crippen molar-refractivity contribution in [2.45, 2.75) is 31.4 Å². The van der Waals surface area contributed by atoms with E-state index in [1.807, 2.05) is 0 Å². The minimum Gasteiger partial charge on any atom is -0.373 e. The first-order chi connectivity index (χ1) is 8.21. The summed E-state index contributed by atoms with van der Waals surface area (Å²) in [6.45, 7) is 2.98. The summed E-state index contributed by atoms with van der Waals surface area (Å²) < 4.78 is 7.16. The minimum absolute atomic E-state index is 0.0267. The molecule has 2 heterocycles. The summed E-state index contributed by atoms with van der Waals surface area (Å²) in [5.41, 5.74) is 7.47. The molecule has 90 valence electrons. The number of hydrogen-bond acceptors (Lipinski definition) is 3. The molecule has 0 saturated carbocycles. The van der Waals surface area contributed by atoms with Gasteiger partial charge in [-0.2, -0.15) is 0 Å². The highest BCUT2D eigenvalue weighted by atomic mass is 32.1. The summed E-state index contributed by atoms with van der Waals surface area (Å²) in [5, 5.41) is 3.46. The second-order valence-corrected chi connectivity index (χ2v) is 5.84. The number of thiophene rings is 1. The van der Waals surface area contributed by atoms with Crippen molar-refractivity contribution in [2.24, 2.45) is 5.73 Å². The Bertz CT molecular complexity index is 528. The van der Waals surface area contributed by atoms with Crippen molar-refractivity contribution in [3.05, 3.63) is 35.2 Å². The van der Waals surface area contributed by atoms with Crippen LogP contribution in [0.25, 0.3) is 10.1 Å². The Labute approximate surface area is 105 Å². The molecular formula is C14H17NOS. The maximum Gasteiger partial charge on any atom is 0.0847 e. The molecule has 0 aliphatic carbocycles. The van der Waals surface area contributed by atoms with E-state index in [1.165, 1.54) is 15.6 Å². The monoisotopic (exact) mass is 247 g/mol. The van der Waals surface area contributed by atoms with Gasteiger partial charge < -0.3 is 10.5 Å². The zero-order chi connectivity index (χ0) is 11.9. The van der Waals surface area contributed by atoms with Crippen LogP contribution in [0, 0.1) is 0 Å². The maximum atomic E-state index is 6.43. The van der Waals surface area contributed by atoms with E-state index < -0.39 is 0 Å². The van der Waals surface area contributed by atoms with Crippen LogP contribution in [0.1, 0.15) is 31.4 Å². The molecule has 17 heavy (non-hydrogen) atoms. The molecule has 2 nitrogen and oxygen atoms in total. The van der Waals surface area contributed by atoms with E-state index in [0.29, 0.717) is 0 Å². The first-order valence-electron chi connectivity index (χ1n) is 6.06. The first kappa shape index (κ1) is 11.2. The van der Waals surface area contributed by atoms with Gasteiger partial charge in [0.25, 0.3) is 0 Å². The normalized spacial score (nSPS) is 26.5. The molecule has 1 aliphatic heterocycles. The van der Waals surface area contributed by atoms with Crippen molar-refractivity contribution in [2.75, 3.05) is 6.61 Å².